The molecule has 138 valence electrons. The summed E-state index contributed by atoms with van der Waals surface area (Å²) in [5.74, 6) is 2.89. The van der Waals surface area contributed by atoms with Gasteiger partial charge >= 0.3 is 0 Å². The average Bonchev–Trinajstić information content (AvgIpc) is 3.28. The fourth-order valence-corrected chi connectivity index (χ4v) is 3.59. The van der Waals surface area contributed by atoms with Crippen molar-refractivity contribution in [3.63, 3.8) is 0 Å². The molecule has 0 spiro atoms. The summed E-state index contributed by atoms with van der Waals surface area (Å²) in [5, 5.41) is 2.91. The summed E-state index contributed by atoms with van der Waals surface area (Å²) in [6.45, 7) is 0.331. The first-order valence-corrected chi connectivity index (χ1v) is 9.41. The van der Waals surface area contributed by atoms with E-state index in [1.807, 2.05) is 42.5 Å². The van der Waals surface area contributed by atoms with Crippen LogP contribution in [-0.2, 0) is 4.79 Å². The van der Waals surface area contributed by atoms with Gasteiger partial charge < -0.3 is 14.5 Å². The number of nitrogens with one attached hydrogen (secondary N) is 2. The molecule has 1 unspecified atom stereocenters. The van der Waals surface area contributed by atoms with Crippen LogP contribution in [0.5, 0.6) is 0 Å². The van der Waals surface area contributed by atoms with E-state index in [-0.39, 0.29) is 17.7 Å². The highest BCUT2D eigenvalue weighted by atomic mass is 32.2. The highest BCUT2D eigenvalue weighted by molar-refractivity contribution is 7.98. The predicted octanol–water partition coefficient (Wildman–Crippen LogP) is 3.24. The Morgan fingerprint density at radius 3 is 2.89 bits per heavy atom. The predicted molar refractivity (Wildman–Crippen MR) is 108 cm³/mol. The van der Waals surface area contributed by atoms with E-state index in [9.17, 15) is 4.79 Å². The van der Waals surface area contributed by atoms with Crippen LogP contribution in [0.25, 0.3) is 0 Å². The zero-order valence-electron chi connectivity index (χ0n) is 14.8. The lowest BCUT2D eigenvalue weighted by Crippen LogP contribution is -2.40. The first-order valence-electron chi connectivity index (χ1n) is 8.59. The normalized spacial score (nSPS) is 13.5. The van der Waals surface area contributed by atoms with Crippen molar-refractivity contribution in [2.45, 2.75) is 10.8 Å². The van der Waals surface area contributed by atoms with Crippen molar-refractivity contribution in [3.8, 4) is 12.3 Å². The van der Waals surface area contributed by atoms with Crippen molar-refractivity contribution < 1.29 is 9.21 Å². The van der Waals surface area contributed by atoms with Crippen molar-refractivity contribution in [2.24, 2.45) is 4.99 Å². The number of hydrogen-bond acceptors (Lipinski definition) is 6. The molecular weight excluding hydrogens is 372 g/mol. The molecule has 2 N–H and O–H groups in total. The van der Waals surface area contributed by atoms with Gasteiger partial charge in [-0.15, -0.1) is 6.42 Å². The maximum atomic E-state index is 12.6. The molecule has 0 fully saturated rings. The number of nitrogens with zero attached hydrogens (tertiary/aromatic N) is 2. The number of aromatic nitrogens is 1. The van der Waals surface area contributed by atoms with E-state index in [1.165, 1.54) is 18.2 Å². The SMILES string of the molecule is C#Cc1ccc2c(c1)SNC(C(=O)NCC(c1ccccc1)c1ncco1)=N2. The van der Waals surface area contributed by atoms with E-state index in [0.29, 0.717) is 18.1 Å². The number of oxazole rings is 1. The third-order valence-corrected chi connectivity index (χ3v) is 5.09. The van der Waals surface area contributed by atoms with E-state index in [0.717, 1.165) is 16.0 Å². The molecule has 2 heterocycles. The smallest absolute Gasteiger partial charge is 0.287 e. The number of terminal acetylenes is 1. The second kappa shape index (κ2) is 8.03. The number of rotatable bonds is 5. The molecule has 0 saturated heterocycles. The van der Waals surface area contributed by atoms with Crippen LogP contribution in [0.4, 0.5) is 5.69 Å². The Hall–Kier alpha value is -3.50. The van der Waals surface area contributed by atoms with Crippen LogP contribution in [0.2, 0.25) is 0 Å². The Morgan fingerprint density at radius 1 is 1.29 bits per heavy atom. The Labute approximate surface area is 166 Å². The van der Waals surface area contributed by atoms with Crippen molar-refractivity contribution in [1.82, 2.24) is 15.0 Å². The van der Waals surface area contributed by atoms with Gasteiger partial charge in [-0.25, -0.2) is 9.98 Å². The lowest BCUT2D eigenvalue weighted by molar-refractivity contribution is -0.115. The maximum Gasteiger partial charge on any atom is 0.287 e. The summed E-state index contributed by atoms with van der Waals surface area (Å²) >= 11 is 1.32. The number of benzene rings is 2. The van der Waals surface area contributed by atoms with Gasteiger partial charge in [-0.1, -0.05) is 36.3 Å². The van der Waals surface area contributed by atoms with Crippen molar-refractivity contribution in [3.05, 3.63) is 78.0 Å². The topological polar surface area (TPSA) is 79.5 Å². The lowest BCUT2D eigenvalue weighted by Gasteiger charge is -2.18. The van der Waals surface area contributed by atoms with Gasteiger partial charge in [0.05, 0.1) is 22.7 Å². The highest BCUT2D eigenvalue weighted by Gasteiger charge is 2.23. The summed E-state index contributed by atoms with van der Waals surface area (Å²) in [4.78, 5) is 22.2. The van der Waals surface area contributed by atoms with Crippen molar-refractivity contribution >= 4 is 29.4 Å². The van der Waals surface area contributed by atoms with Gasteiger partial charge in [0.1, 0.15) is 6.26 Å². The molecule has 7 heteroatoms. The third kappa shape index (κ3) is 3.77. The molecule has 0 saturated carbocycles. The summed E-state index contributed by atoms with van der Waals surface area (Å²) in [6.07, 6.45) is 8.54. The number of carbonyl (C=O) groups is 1. The minimum atomic E-state index is -0.299. The van der Waals surface area contributed by atoms with E-state index in [2.05, 4.69) is 25.9 Å². The molecule has 1 amide bonds. The van der Waals surface area contributed by atoms with Crippen molar-refractivity contribution in [2.75, 3.05) is 6.54 Å². The van der Waals surface area contributed by atoms with Gasteiger partial charge in [0, 0.05) is 12.1 Å². The summed E-state index contributed by atoms with van der Waals surface area (Å²) in [6, 6.07) is 15.3. The molecule has 2 aromatic carbocycles. The quantitative estimate of drug-likeness (QED) is 0.518. The Morgan fingerprint density at radius 2 is 2.14 bits per heavy atom. The minimum absolute atomic E-state index is 0.192. The second-order valence-corrected chi connectivity index (χ2v) is 6.88. The first kappa shape index (κ1) is 17.9. The number of amidine groups is 1. The molecule has 1 aliphatic rings. The monoisotopic (exact) mass is 388 g/mol. The van der Waals surface area contributed by atoms with Gasteiger partial charge in [0.25, 0.3) is 5.91 Å². The number of amides is 1. The van der Waals surface area contributed by atoms with Crippen LogP contribution < -0.4 is 10.0 Å². The van der Waals surface area contributed by atoms with Crippen LogP contribution >= 0.6 is 11.9 Å². The largest absolute Gasteiger partial charge is 0.448 e. The van der Waals surface area contributed by atoms with Crippen LogP contribution in [0.1, 0.15) is 22.9 Å². The van der Waals surface area contributed by atoms with Gasteiger partial charge in [-0.05, 0) is 35.7 Å². The van der Waals surface area contributed by atoms with E-state index in [4.69, 9.17) is 10.8 Å². The highest BCUT2D eigenvalue weighted by Crippen LogP contribution is 2.32. The molecule has 0 aliphatic carbocycles. The summed E-state index contributed by atoms with van der Waals surface area (Å²) in [7, 11) is 0. The Balaban J connectivity index is 1.50. The van der Waals surface area contributed by atoms with Crippen LogP contribution in [0, 0.1) is 12.3 Å². The zero-order valence-corrected chi connectivity index (χ0v) is 15.6. The maximum absolute atomic E-state index is 12.6. The Bertz CT molecular complexity index is 1060. The van der Waals surface area contributed by atoms with Gasteiger partial charge in [-0.3, -0.25) is 4.79 Å². The fourth-order valence-electron chi connectivity index (χ4n) is 2.84. The number of aliphatic imine (C=N–C) groups is 1. The van der Waals surface area contributed by atoms with Crippen LogP contribution in [0.15, 0.2) is 75.3 Å². The van der Waals surface area contributed by atoms with Gasteiger partial charge in [-0.2, -0.15) is 0 Å². The lowest BCUT2D eigenvalue weighted by atomic mass is 9.99. The van der Waals surface area contributed by atoms with Crippen LogP contribution in [0.3, 0.4) is 0 Å². The molecule has 6 nitrogen and oxygen atoms in total. The summed E-state index contributed by atoms with van der Waals surface area (Å²) in [5.41, 5.74) is 2.48. The van der Waals surface area contributed by atoms with Gasteiger partial charge in [0.15, 0.2) is 0 Å². The summed E-state index contributed by atoms with van der Waals surface area (Å²) < 4.78 is 8.44. The minimum Gasteiger partial charge on any atom is -0.448 e. The third-order valence-electron chi connectivity index (χ3n) is 4.25. The average molecular weight is 388 g/mol. The molecule has 4 rings (SSSR count). The second-order valence-electron chi connectivity index (χ2n) is 6.04. The Kier molecular flexibility index (Phi) is 5.13. The zero-order chi connectivity index (χ0) is 19.3. The first-order chi connectivity index (χ1) is 13.7. The molecule has 1 aromatic heterocycles. The van der Waals surface area contributed by atoms with E-state index < -0.39 is 0 Å². The molecule has 0 radical (unpaired) electrons. The molecule has 28 heavy (non-hydrogen) atoms. The molecule has 1 aliphatic heterocycles. The molecular formula is C21H16N4O2S. The van der Waals surface area contributed by atoms with E-state index >= 15 is 0 Å². The molecule has 1 atom stereocenters. The number of fused-ring (bicyclic) bond motifs is 1. The van der Waals surface area contributed by atoms with Crippen molar-refractivity contribution in [1.29, 1.82) is 0 Å². The molecule has 3 aromatic rings. The standard InChI is InChI=1S/C21H16N4O2S/c1-2-14-8-9-17-18(12-14)28-25-19(24-17)20(26)23-13-16(21-22-10-11-27-21)15-6-4-3-5-7-15/h1,3-12,16H,13H2,(H,23,26)(H,24,25). The molecule has 0 bridgehead atoms. The number of carbonyl (C=O) groups excluding carboxylic acids is 1. The number of hydrogen-bond donors (Lipinski definition) is 2. The van der Waals surface area contributed by atoms with Gasteiger partial charge in [0.2, 0.25) is 11.7 Å². The van der Waals surface area contributed by atoms with Crippen LogP contribution in [-0.4, -0.2) is 23.3 Å². The van der Waals surface area contributed by atoms with E-state index in [1.54, 1.807) is 12.3 Å². The fraction of sp³-hybridized carbons (Fsp3) is 0.0952.